The van der Waals surface area contributed by atoms with E-state index in [4.69, 9.17) is 11.6 Å². The van der Waals surface area contributed by atoms with E-state index in [9.17, 15) is 13.6 Å². The zero-order valence-corrected chi connectivity index (χ0v) is 10.9. The highest BCUT2D eigenvalue weighted by molar-refractivity contribution is 6.30. The summed E-state index contributed by atoms with van der Waals surface area (Å²) in [4.78, 5) is 13.2. The fourth-order valence-electron chi connectivity index (χ4n) is 2.13. The van der Waals surface area contributed by atoms with E-state index in [1.165, 1.54) is 35.2 Å². The number of hydrogen-bond acceptors (Lipinski definition) is 1. The summed E-state index contributed by atoms with van der Waals surface area (Å²) in [6.07, 6.45) is 0. The highest BCUT2D eigenvalue weighted by atomic mass is 35.5. The van der Waals surface area contributed by atoms with Crippen LogP contribution in [0.5, 0.6) is 0 Å². The van der Waals surface area contributed by atoms with Gasteiger partial charge in [0.25, 0.3) is 0 Å². The Labute approximate surface area is 118 Å². The molecule has 0 aromatic heterocycles. The predicted octanol–water partition coefficient (Wildman–Crippen LogP) is 4.17. The first-order chi connectivity index (χ1) is 9.54. The number of amides is 2. The van der Waals surface area contributed by atoms with Gasteiger partial charge in [-0.2, -0.15) is 0 Å². The Morgan fingerprint density at radius 1 is 1.15 bits per heavy atom. The number of benzene rings is 2. The Hall–Kier alpha value is -2.14. The average Bonchev–Trinajstić information content (AvgIpc) is 2.39. The van der Waals surface area contributed by atoms with Crippen molar-refractivity contribution in [1.29, 1.82) is 0 Å². The van der Waals surface area contributed by atoms with Gasteiger partial charge in [-0.15, -0.1) is 0 Å². The number of fused-ring (bicyclic) bond motifs is 1. The lowest BCUT2D eigenvalue weighted by molar-refractivity contribution is 0.255. The number of anilines is 2. The number of carbonyl (C=O) groups is 1. The molecule has 0 atom stereocenters. The van der Waals surface area contributed by atoms with E-state index in [0.717, 1.165) is 6.07 Å². The highest BCUT2D eigenvalue weighted by Crippen LogP contribution is 2.30. The van der Waals surface area contributed by atoms with Crippen molar-refractivity contribution >= 4 is 29.0 Å². The molecule has 2 amide bonds. The highest BCUT2D eigenvalue weighted by Gasteiger charge is 2.26. The van der Waals surface area contributed by atoms with Gasteiger partial charge in [0.1, 0.15) is 11.6 Å². The van der Waals surface area contributed by atoms with Crippen LogP contribution in [0.25, 0.3) is 0 Å². The molecule has 0 aliphatic carbocycles. The summed E-state index contributed by atoms with van der Waals surface area (Å²) in [5, 5.41) is 2.84. The minimum Gasteiger partial charge on any atom is -0.307 e. The molecule has 0 radical (unpaired) electrons. The Kier molecular flexibility index (Phi) is 3.06. The summed E-state index contributed by atoms with van der Waals surface area (Å²) in [6.45, 7) is 0.0947. The summed E-state index contributed by atoms with van der Waals surface area (Å²) in [5.74, 6) is -1.01. The lowest BCUT2D eigenvalue weighted by atomic mass is 10.1. The van der Waals surface area contributed by atoms with E-state index >= 15 is 0 Å². The van der Waals surface area contributed by atoms with Crippen molar-refractivity contribution < 1.29 is 13.6 Å². The van der Waals surface area contributed by atoms with E-state index in [0.29, 0.717) is 11.3 Å². The quantitative estimate of drug-likeness (QED) is 0.841. The monoisotopic (exact) mass is 294 g/mol. The van der Waals surface area contributed by atoms with Crippen molar-refractivity contribution in [3.63, 3.8) is 0 Å². The minimum absolute atomic E-state index is 0.0947. The molecule has 102 valence electrons. The maximum Gasteiger partial charge on any atom is 0.326 e. The SMILES string of the molecule is O=C1Nc2ccc(F)cc2CN1c1ccc(Cl)cc1F. The second kappa shape index (κ2) is 4.76. The number of hydrogen-bond donors (Lipinski definition) is 1. The Morgan fingerprint density at radius 2 is 1.95 bits per heavy atom. The maximum absolute atomic E-state index is 13.9. The molecule has 6 heteroatoms. The van der Waals surface area contributed by atoms with E-state index in [-0.39, 0.29) is 17.3 Å². The van der Waals surface area contributed by atoms with Gasteiger partial charge < -0.3 is 5.32 Å². The number of rotatable bonds is 1. The third kappa shape index (κ3) is 2.20. The molecule has 2 aromatic carbocycles. The minimum atomic E-state index is -0.604. The molecular weight excluding hydrogens is 286 g/mol. The first kappa shape index (κ1) is 12.9. The van der Waals surface area contributed by atoms with Crippen LogP contribution in [0.1, 0.15) is 5.56 Å². The van der Waals surface area contributed by atoms with Gasteiger partial charge in [0, 0.05) is 10.7 Å². The van der Waals surface area contributed by atoms with Crippen LogP contribution in [0.3, 0.4) is 0 Å². The van der Waals surface area contributed by atoms with Crippen LogP contribution in [0, 0.1) is 11.6 Å². The zero-order valence-electron chi connectivity index (χ0n) is 10.2. The third-order valence-corrected chi connectivity index (χ3v) is 3.32. The van der Waals surface area contributed by atoms with Crippen LogP contribution in [0.15, 0.2) is 36.4 Å². The molecule has 1 N–H and O–H groups in total. The number of carbonyl (C=O) groups excluding carboxylic acids is 1. The molecule has 0 unspecified atom stereocenters. The van der Waals surface area contributed by atoms with Crippen LogP contribution in [-0.4, -0.2) is 6.03 Å². The molecule has 0 fully saturated rings. The summed E-state index contributed by atoms with van der Waals surface area (Å²) in [5.41, 5.74) is 1.21. The summed E-state index contributed by atoms with van der Waals surface area (Å²) in [6, 6.07) is 7.64. The van der Waals surface area contributed by atoms with Crippen LogP contribution in [0.2, 0.25) is 5.02 Å². The molecule has 3 nitrogen and oxygen atoms in total. The first-order valence-corrected chi connectivity index (χ1v) is 6.24. The van der Waals surface area contributed by atoms with Crippen molar-refractivity contribution in [2.75, 3.05) is 10.2 Å². The second-order valence-electron chi connectivity index (χ2n) is 4.41. The smallest absolute Gasteiger partial charge is 0.307 e. The molecule has 3 rings (SSSR count). The molecule has 0 saturated carbocycles. The van der Waals surface area contributed by atoms with E-state index in [1.54, 1.807) is 0 Å². The lowest BCUT2D eigenvalue weighted by Crippen LogP contribution is -2.39. The second-order valence-corrected chi connectivity index (χ2v) is 4.85. The molecule has 1 aliphatic heterocycles. The summed E-state index contributed by atoms with van der Waals surface area (Å²) >= 11 is 5.69. The van der Waals surface area contributed by atoms with E-state index in [2.05, 4.69) is 5.32 Å². The van der Waals surface area contributed by atoms with E-state index < -0.39 is 17.7 Å². The van der Waals surface area contributed by atoms with Gasteiger partial charge >= 0.3 is 6.03 Å². The molecule has 0 spiro atoms. The van der Waals surface area contributed by atoms with Crippen molar-refractivity contribution in [3.05, 3.63) is 58.6 Å². The lowest BCUT2D eigenvalue weighted by Gasteiger charge is -2.29. The number of urea groups is 1. The largest absolute Gasteiger partial charge is 0.326 e. The number of nitrogens with zero attached hydrogens (tertiary/aromatic N) is 1. The Morgan fingerprint density at radius 3 is 2.70 bits per heavy atom. The van der Waals surface area contributed by atoms with Crippen LogP contribution in [0.4, 0.5) is 25.0 Å². The van der Waals surface area contributed by atoms with Gasteiger partial charge in [0.15, 0.2) is 0 Å². The van der Waals surface area contributed by atoms with Gasteiger partial charge in [-0.05, 0) is 42.0 Å². The van der Waals surface area contributed by atoms with Crippen molar-refractivity contribution in [1.82, 2.24) is 0 Å². The first-order valence-electron chi connectivity index (χ1n) is 5.86. The Bertz CT molecular complexity index is 706. The maximum atomic E-state index is 13.9. The molecular formula is C14H9ClF2N2O. The molecule has 2 aromatic rings. The van der Waals surface area contributed by atoms with Gasteiger partial charge in [0.05, 0.1) is 12.2 Å². The van der Waals surface area contributed by atoms with Gasteiger partial charge in [-0.25, -0.2) is 13.6 Å². The molecule has 0 bridgehead atoms. The molecule has 0 saturated heterocycles. The summed E-state index contributed by atoms with van der Waals surface area (Å²) < 4.78 is 27.1. The standard InChI is InChI=1S/C14H9ClF2N2O/c15-9-1-4-13(11(17)6-9)19-7-8-5-10(16)2-3-12(8)18-14(19)20/h1-6H,7H2,(H,18,20). The van der Waals surface area contributed by atoms with Crippen LogP contribution < -0.4 is 10.2 Å². The van der Waals surface area contributed by atoms with Crippen LogP contribution >= 0.6 is 11.6 Å². The molecule has 1 aliphatic rings. The summed E-state index contributed by atoms with van der Waals surface area (Å²) in [7, 11) is 0. The fourth-order valence-corrected chi connectivity index (χ4v) is 2.29. The number of nitrogens with one attached hydrogen (secondary N) is 1. The average molecular weight is 295 g/mol. The third-order valence-electron chi connectivity index (χ3n) is 3.08. The van der Waals surface area contributed by atoms with Crippen LogP contribution in [-0.2, 0) is 6.54 Å². The Balaban J connectivity index is 2.01. The normalized spacial score (nSPS) is 13.9. The van der Waals surface area contributed by atoms with Crippen molar-refractivity contribution in [2.24, 2.45) is 0 Å². The van der Waals surface area contributed by atoms with Gasteiger partial charge in [-0.3, -0.25) is 4.90 Å². The van der Waals surface area contributed by atoms with Gasteiger partial charge in [-0.1, -0.05) is 11.6 Å². The number of halogens is 3. The predicted molar refractivity (Wildman–Crippen MR) is 73.0 cm³/mol. The van der Waals surface area contributed by atoms with Gasteiger partial charge in [0.2, 0.25) is 0 Å². The zero-order chi connectivity index (χ0) is 14.3. The van der Waals surface area contributed by atoms with Crippen molar-refractivity contribution in [3.8, 4) is 0 Å². The molecule has 20 heavy (non-hydrogen) atoms. The molecule has 1 heterocycles. The van der Waals surface area contributed by atoms with Crippen molar-refractivity contribution in [2.45, 2.75) is 6.54 Å². The topological polar surface area (TPSA) is 32.3 Å². The fraction of sp³-hybridized carbons (Fsp3) is 0.0714. The van der Waals surface area contributed by atoms with E-state index in [1.807, 2.05) is 0 Å².